The zero-order valence-electron chi connectivity index (χ0n) is 14.2. The minimum absolute atomic E-state index is 0.151. The van der Waals surface area contributed by atoms with Gasteiger partial charge in [0.25, 0.3) is 0 Å². The highest BCUT2D eigenvalue weighted by molar-refractivity contribution is 5.93. The molecule has 4 fully saturated rings. The van der Waals surface area contributed by atoms with E-state index >= 15 is 0 Å². The van der Waals surface area contributed by atoms with E-state index in [4.69, 9.17) is 0 Å². The summed E-state index contributed by atoms with van der Waals surface area (Å²) in [5.41, 5.74) is 5.13. The lowest BCUT2D eigenvalue weighted by molar-refractivity contribution is -0.334. The molecule has 0 radical (unpaired) electrons. The number of rotatable bonds is 0. The predicted octanol–water partition coefficient (Wildman–Crippen LogP) is 3.94. The van der Waals surface area contributed by atoms with Crippen LogP contribution in [0.2, 0.25) is 0 Å². The first kappa shape index (κ1) is 13.4. The lowest BCUT2D eigenvalue weighted by Crippen LogP contribution is -2.78. The van der Waals surface area contributed by atoms with Crippen molar-refractivity contribution in [2.24, 2.45) is 28.1 Å². The SMILES string of the molecule is C[C@H]1C[C@]2(C)[C@@]3(O)CCC34C[C@@]42C2CCC3=CC(=O)CCC3=C21. The van der Waals surface area contributed by atoms with E-state index in [0.717, 1.165) is 25.7 Å². The zero-order chi connectivity index (χ0) is 15.8. The summed E-state index contributed by atoms with van der Waals surface area (Å²) < 4.78 is 0. The largest absolute Gasteiger partial charge is 0.389 e. The highest BCUT2D eigenvalue weighted by atomic mass is 16.3. The van der Waals surface area contributed by atoms with Gasteiger partial charge in [0.1, 0.15) is 0 Å². The summed E-state index contributed by atoms with van der Waals surface area (Å²) in [5.74, 6) is 1.59. The fourth-order valence-electron chi connectivity index (χ4n) is 8.80. The van der Waals surface area contributed by atoms with Gasteiger partial charge in [-0.15, -0.1) is 0 Å². The van der Waals surface area contributed by atoms with Crippen LogP contribution in [-0.2, 0) is 4.79 Å². The highest BCUT2D eigenvalue weighted by Crippen LogP contribution is 3.01. The smallest absolute Gasteiger partial charge is 0.156 e. The Morgan fingerprint density at radius 2 is 2.04 bits per heavy atom. The Kier molecular flexibility index (Phi) is 1.98. The molecule has 0 aromatic heterocycles. The molecule has 6 rings (SSSR count). The topological polar surface area (TPSA) is 37.3 Å². The van der Waals surface area contributed by atoms with Gasteiger partial charge in [-0.2, -0.15) is 0 Å². The van der Waals surface area contributed by atoms with Crippen LogP contribution in [-0.4, -0.2) is 16.5 Å². The Morgan fingerprint density at radius 3 is 2.74 bits per heavy atom. The lowest BCUT2D eigenvalue weighted by Gasteiger charge is -2.76. The van der Waals surface area contributed by atoms with Crippen LogP contribution in [0.4, 0.5) is 0 Å². The van der Waals surface area contributed by atoms with Gasteiger partial charge >= 0.3 is 0 Å². The molecule has 6 aliphatic rings. The Balaban J connectivity index is 1.53. The molecule has 2 spiro atoms. The van der Waals surface area contributed by atoms with Crippen molar-refractivity contribution >= 4 is 5.78 Å². The summed E-state index contributed by atoms with van der Waals surface area (Å²) in [6, 6.07) is 0. The Labute approximate surface area is 138 Å². The summed E-state index contributed by atoms with van der Waals surface area (Å²) in [7, 11) is 0. The van der Waals surface area contributed by atoms with Crippen LogP contribution >= 0.6 is 0 Å². The normalized spacial score (nSPS) is 58.6. The summed E-state index contributed by atoms with van der Waals surface area (Å²) in [6.45, 7) is 4.79. The summed E-state index contributed by atoms with van der Waals surface area (Å²) in [5, 5.41) is 11.3. The first-order valence-corrected chi connectivity index (χ1v) is 9.59. The molecule has 23 heavy (non-hydrogen) atoms. The quantitative estimate of drug-likeness (QED) is 0.736. The van der Waals surface area contributed by atoms with Crippen LogP contribution in [0, 0.1) is 28.1 Å². The van der Waals surface area contributed by atoms with Gasteiger partial charge in [0.15, 0.2) is 5.78 Å². The maximum atomic E-state index is 11.8. The molecule has 0 heterocycles. The van der Waals surface area contributed by atoms with Gasteiger partial charge in [-0.1, -0.05) is 19.4 Å². The van der Waals surface area contributed by atoms with E-state index in [1.165, 1.54) is 24.8 Å². The van der Waals surface area contributed by atoms with E-state index in [9.17, 15) is 9.90 Å². The molecule has 0 aromatic rings. The fourth-order valence-corrected chi connectivity index (χ4v) is 8.80. The summed E-state index contributed by atoms with van der Waals surface area (Å²) in [6.07, 6.45) is 10.7. The first-order valence-electron chi connectivity index (χ1n) is 9.59. The van der Waals surface area contributed by atoms with E-state index in [2.05, 4.69) is 13.8 Å². The maximum absolute atomic E-state index is 11.8. The number of allylic oxidation sites excluding steroid dienone is 4. The summed E-state index contributed by atoms with van der Waals surface area (Å²) in [4.78, 5) is 11.8. The van der Waals surface area contributed by atoms with Crippen LogP contribution in [0.15, 0.2) is 22.8 Å². The van der Waals surface area contributed by atoms with Crippen molar-refractivity contribution in [1.29, 1.82) is 0 Å². The standard InChI is InChI=1S/C21H26O2/c1-12-10-18(2)20(11-19(20)7-8-21(18,19)23)16-6-3-13-9-14(22)4-5-15(13)17(12)16/h9,12,16,23H,3-8,10-11H2,1-2H3/t12-,16?,18-,19?,20-,21-/m0/s1. The van der Waals surface area contributed by atoms with Crippen LogP contribution in [0.25, 0.3) is 0 Å². The minimum Gasteiger partial charge on any atom is -0.389 e. The molecule has 2 nitrogen and oxygen atoms in total. The molecule has 6 aliphatic carbocycles. The molecule has 2 unspecified atom stereocenters. The Hall–Kier alpha value is -0.890. The van der Waals surface area contributed by atoms with Crippen LogP contribution < -0.4 is 0 Å². The minimum atomic E-state index is -0.344. The second kappa shape index (κ2) is 3.40. The first-order chi connectivity index (χ1) is 10.9. The van der Waals surface area contributed by atoms with Crippen LogP contribution in [0.1, 0.15) is 65.2 Å². The fraction of sp³-hybridized carbons (Fsp3) is 0.762. The van der Waals surface area contributed by atoms with Gasteiger partial charge in [-0.25, -0.2) is 0 Å². The molecule has 122 valence electrons. The van der Waals surface area contributed by atoms with E-state index < -0.39 is 0 Å². The molecule has 0 aliphatic heterocycles. The lowest BCUT2D eigenvalue weighted by atomic mass is 9.30. The van der Waals surface area contributed by atoms with E-state index in [1.807, 2.05) is 6.08 Å². The number of carbonyl (C=O) groups is 1. The average Bonchev–Trinajstić information content (AvgIpc) is 3.23. The third kappa shape index (κ3) is 1.02. The number of ketones is 1. The van der Waals surface area contributed by atoms with E-state index in [1.54, 1.807) is 11.1 Å². The average molecular weight is 310 g/mol. The second-order valence-electron chi connectivity index (χ2n) is 9.69. The number of fused-ring (bicyclic) bond motifs is 3. The van der Waals surface area contributed by atoms with Crippen molar-refractivity contribution in [3.05, 3.63) is 22.8 Å². The molecular weight excluding hydrogens is 284 g/mol. The van der Waals surface area contributed by atoms with Gasteiger partial charge in [0, 0.05) is 17.3 Å². The van der Waals surface area contributed by atoms with Crippen molar-refractivity contribution in [2.45, 2.75) is 70.8 Å². The third-order valence-corrected chi connectivity index (χ3v) is 9.52. The van der Waals surface area contributed by atoms with E-state index in [-0.39, 0.29) is 16.4 Å². The summed E-state index contributed by atoms with van der Waals surface area (Å²) >= 11 is 0. The molecule has 2 heteroatoms. The van der Waals surface area contributed by atoms with Crippen molar-refractivity contribution in [1.82, 2.24) is 0 Å². The molecule has 0 amide bonds. The predicted molar refractivity (Wildman–Crippen MR) is 87.6 cm³/mol. The van der Waals surface area contributed by atoms with Gasteiger partial charge in [0.2, 0.25) is 0 Å². The molecule has 1 N–H and O–H groups in total. The van der Waals surface area contributed by atoms with Crippen molar-refractivity contribution in [3.63, 3.8) is 0 Å². The van der Waals surface area contributed by atoms with Crippen LogP contribution in [0.3, 0.4) is 0 Å². The highest BCUT2D eigenvalue weighted by Gasteiger charge is 3.00. The number of carbonyl (C=O) groups excluding carboxylic acids is 1. The van der Waals surface area contributed by atoms with Gasteiger partial charge in [-0.05, 0) is 79.4 Å². The second-order valence-corrected chi connectivity index (χ2v) is 9.69. The van der Waals surface area contributed by atoms with Crippen molar-refractivity contribution in [3.8, 4) is 0 Å². The number of hydrogen-bond donors (Lipinski definition) is 1. The monoisotopic (exact) mass is 310 g/mol. The van der Waals surface area contributed by atoms with Crippen molar-refractivity contribution in [2.75, 3.05) is 0 Å². The number of hydrogen-bond acceptors (Lipinski definition) is 2. The number of aliphatic hydroxyl groups is 1. The maximum Gasteiger partial charge on any atom is 0.156 e. The zero-order valence-corrected chi connectivity index (χ0v) is 14.2. The third-order valence-electron chi connectivity index (χ3n) is 9.52. The van der Waals surface area contributed by atoms with E-state index in [0.29, 0.717) is 29.5 Å². The van der Waals surface area contributed by atoms with Crippen LogP contribution in [0.5, 0.6) is 0 Å². The molecule has 0 bridgehead atoms. The molecular formula is C21H26O2. The molecule has 6 atom stereocenters. The molecule has 0 saturated heterocycles. The van der Waals surface area contributed by atoms with Gasteiger partial charge < -0.3 is 5.11 Å². The molecule has 4 saturated carbocycles. The Bertz CT molecular complexity index is 745. The van der Waals surface area contributed by atoms with Gasteiger partial charge in [0.05, 0.1) is 5.60 Å². The molecule has 0 aromatic carbocycles. The van der Waals surface area contributed by atoms with Crippen molar-refractivity contribution < 1.29 is 9.90 Å². The van der Waals surface area contributed by atoms with Gasteiger partial charge in [-0.3, -0.25) is 4.79 Å². The Morgan fingerprint density at radius 1 is 1.22 bits per heavy atom.